The van der Waals surface area contributed by atoms with Crippen molar-refractivity contribution in [1.82, 2.24) is 0 Å². The summed E-state index contributed by atoms with van der Waals surface area (Å²) in [5.74, 6) is -0.552. The van der Waals surface area contributed by atoms with Gasteiger partial charge in [0, 0.05) is 11.3 Å². The Morgan fingerprint density at radius 1 is 1.71 bits per heavy atom. The number of hydrogen-bond acceptors (Lipinski definition) is 5. The molecule has 78 valence electrons. The molecule has 3 N–H and O–H groups in total. The molecule has 1 rings (SSSR count). The van der Waals surface area contributed by atoms with Crippen LogP contribution in [0.15, 0.2) is 17.5 Å². The molecule has 1 heterocycles. The summed E-state index contributed by atoms with van der Waals surface area (Å²) < 4.78 is 4.85. The van der Waals surface area contributed by atoms with E-state index in [4.69, 9.17) is 15.6 Å². The van der Waals surface area contributed by atoms with Gasteiger partial charge >= 0.3 is 5.97 Å². The zero-order valence-corrected chi connectivity index (χ0v) is 8.50. The van der Waals surface area contributed by atoms with E-state index in [0.717, 1.165) is 4.88 Å². The van der Waals surface area contributed by atoms with Crippen LogP contribution < -0.4 is 5.73 Å². The molecule has 0 aromatic carbocycles. The molecule has 0 saturated carbocycles. The molecule has 0 bridgehead atoms. The van der Waals surface area contributed by atoms with Crippen LogP contribution in [-0.2, 0) is 16.0 Å². The smallest absolute Gasteiger partial charge is 0.325 e. The molecule has 1 unspecified atom stereocenters. The summed E-state index contributed by atoms with van der Waals surface area (Å²) in [5, 5.41) is 10.5. The second-order valence-corrected chi connectivity index (χ2v) is 3.82. The molecular weight excluding hydrogens is 202 g/mol. The highest BCUT2D eigenvalue weighted by Crippen LogP contribution is 2.08. The lowest BCUT2D eigenvalue weighted by molar-refractivity contribution is -0.146. The summed E-state index contributed by atoms with van der Waals surface area (Å²) in [6.45, 7) is -0.0646. The van der Waals surface area contributed by atoms with Gasteiger partial charge in [-0.25, -0.2) is 0 Å². The van der Waals surface area contributed by atoms with Crippen LogP contribution in [0.3, 0.4) is 0 Å². The fraction of sp³-hybridized carbons (Fsp3) is 0.444. The molecule has 1 atom stereocenters. The number of aliphatic hydroxyl groups is 1. The molecule has 5 heteroatoms. The summed E-state index contributed by atoms with van der Waals surface area (Å²) in [6, 6.07) is 3.00. The van der Waals surface area contributed by atoms with Gasteiger partial charge in [-0.1, -0.05) is 6.07 Å². The summed E-state index contributed by atoms with van der Waals surface area (Å²) in [5.41, 5.74) is 5.25. The topological polar surface area (TPSA) is 72.5 Å². The predicted octanol–water partition coefficient (Wildman–Crippen LogP) is 0.153. The van der Waals surface area contributed by atoms with Crippen molar-refractivity contribution in [3.8, 4) is 0 Å². The van der Waals surface area contributed by atoms with Crippen LogP contribution in [0.25, 0.3) is 0 Å². The minimum absolute atomic E-state index is 0.313. The fourth-order valence-corrected chi connectivity index (χ4v) is 1.58. The number of nitrogens with two attached hydrogens (primary N) is 1. The number of rotatable bonds is 5. The maximum absolute atomic E-state index is 11.0. The van der Waals surface area contributed by atoms with E-state index in [0.29, 0.717) is 13.0 Å². The Balaban J connectivity index is 2.18. The van der Waals surface area contributed by atoms with Gasteiger partial charge in [-0.05, 0) is 11.4 Å². The summed E-state index contributed by atoms with van der Waals surface area (Å²) in [4.78, 5) is 12.2. The Morgan fingerprint density at radius 2 is 2.50 bits per heavy atom. The highest BCUT2D eigenvalue weighted by Gasteiger charge is 2.12. The highest BCUT2D eigenvalue weighted by atomic mass is 32.1. The van der Waals surface area contributed by atoms with Crippen molar-refractivity contribution in [3.63, 3.8) is 0 Å². The third kappa shape index (κ3) is 3.45. The minimum atomic E-state index is -0.918. The fourth-order valence-electron chi connectivity index (χ4n) is 0.889. The predicted molar refractivity (Wildman–Crippen MR) is 54.0 cm³/mol. The first kappa shape index (κ1) is 11.2. The molecule has 0 aliphatic carbocycles. The van der Waals surface area contributed by atoms with Crippen molar-refractivity contribution >= 4 is 17.3 Å². The van der Waals surface area contributed by atoms with Crippen LogP contribution >= 0.6 is 11.3 Å². The van der Waals surface area contributed by atoms with Crippen LogP contribution in [0, 0.1) is 0 Å². The van der Waals surface area contributed by atoms with E-state index in [1.807, 2.05) is 17.5 Å². The molecule has 0 radical (unpaired) electrons. The first-order chi connectivity index (χ1) is 6.74. The van der Waals surface area contributed by atoms with E-state index in [-0.39, 0.29) is 6.61 Å². The van der Waals surface area contributed by atoms with E-state index < -0.39 is 12.0 Å². The number of carbonyl (C=O) groups excluding carboxylic acids is 1. The lowest BCUT2D eigenvalue weighted by Gasteiger charge is -2.07. The Bertz CT molecular complexity index is 274. The Morgan fingerprint density at radius 3 is 3.07 bits per heavy atom. The number of hydrogen-bond donors (Lipinski definition) is 2. The van der Waals surface area contributed by atoms with Gasteiger partial charge in [0.05, 0.1) is 13.2 Å². The first-order valence-electron chi connectivity index (χ1n) is 4.29. The second kappa shape index (κ2) is 5.74. The third-order valence-corrected chi connectivity index (χ3v) is 2.61. The lowest BCUT2D eigenvalue weighted by Crippen LogP contribution is -2.35. The maximum Gasteiger partial charge on any atom is 0.325 e. The Kier molecular flexibility index (Phi) is 4.58. The van der Waals surface area contributed by atoms with E-state index in [9.17, 15) is 4.79 Å². The van der Waals surface area contributed by atoms with Crippen LogP contribution in [0.4, 0.5) is 0 Å². The van der Waals surface area contributed by atoms with Gasteiger partial charge in [-0.15, -0.1) is 11.3 Å². The van der Waals surface area contributed by atoms with Crippen molar-refractivity contribution in [2.45, 2.75) is 12.5 Å². The second-order valence-electron chi connectivity index (χ2n) is 2.79. The molecule has 1 aromatic heterocycles. The summed E-state index contributed by atoms with van der Waals surface area (Å²) in [6.07, 6.45) is 0.696. The molecule has 4 nitrogen and oxygen atoms in total. The normalized spacial score (nSPS) is 12.4. The third-order valence-electron chi connectivity index (χ3n) is 1.67. The van der Waals surface area contributed by atoms with E-state index in [1.165, 1.54) is 0 Å². The Labute approximate surface area is 86.3 Å². The summed E-state index contributed by atoms with van der Waals surface area (Å²) >= 11 is 1.62. The van der Waals surface area contributed by atoms with Gasteiger partial charge in [-0.2, -0.15) is 0 Å². The number of thiophene rings is 1. The van der Waals surface area contributed by atoms with Gasteiger partial charge in [0.25, 0.3) is 0 Å². The van der Waals surface area contributed by atoms with Crippen molar-refractivity contribution in [1.29, 1.82) is 0 Å². The molecule has 0 aliphatic heterocycles. The Hall–Kier alpha value is -0.910. The number of carbonyl (C=O) groups is 1. The number of ether oxygens (including phenoxy) is 1. The van der Waals surface area contributed by atoms with Crippen molar-refractivity contribution in [3.05, 3.63) is 22.4 Å². The van der Waals surface area contributed by atoms with E-state index in [1.54, 1.807) is 11.3 Å². The van der Waals surface area contributed by atoms with Gasteiger partial charge in [0.1, 0.15) is 6.04 Å². The number of esters is 1. The van der Waals surface area contributed by atoms with Crippen LogP contribution in [-0.4, -0.2) is 30.3 Å². The van der Waals surface area contributed by atoms with Gasteiger partial charge in [-0.3, -0.25) is 4.79 Å². The molecule has 0 saturated heterocycles. The largest absolute Gasteiger partial charge is 0.464 e. The van der Waals surface area contributed by atoms with Gasteiger partial charge in [0.2, 0.25) is 0 Å². The molecule has 0 fully saturated rings. The van der Waals surface area contributed by atoms with Gasteiger partial charge < -0.3 is 15.6 Å². The zero-order valence-electron chi connectivity index (χ0n) is 7.68. The highest BCUT2D eigenvalue weighted by molar-refractivity contribution is 7.09. The lowest BCUT2D eigenvalue weighted by atomic mass is 10.3. The van der Waals surface area contributed by atoms with Crippen molar-refractivity contribution in [2.24, 2.45) is 5.73 Å². The van der Waals surface area contributed by atoms with Crippen molar-refractivity contribution < 1.29 is 14.6 Å². The average molecular weight is 215 g/mol. The minimum Gasteiger partial charge on any atom is -0.464 e. The zero-order chi connectivity index (χ0) is 10.4. The average Bonchev–Trinajstić information content (AvgIpc) is 2.69. The first-order valence-corrected chi connectivity index (χ1v) is 5.17. The molecule has 14 heavy (non-hydrogen) atoms. The van der Waals surface area contributed by atoms with Gasteiger partial charge in [0.15, 0.2) is 0 Å². The molecule has 0 aliphatic rings. The van der Waals surface area contributed by atoms with E-state index in [2.05, 4.69) is 0 Å². The molecule has 0 amide bonds. The standard InChI is InChI=1S/C9H13NO3S/c10-8(6-11)9(12)13-4-3-7-2-1-5-14-7/h1-2,5,8,11H,3-4,6,10H2. The van der Waals surface area contributed by atoms with Crippen molar-refractivity contribution in [2.75, 3.05) is 13.2 Å². The maximum atomic E-state index is 11.0. The quantitative estimate of drug-likeness (QED) is 0.686. The number of aliphatic hydroxyl groups excluding tert-OH is 1. The monoisotopic (exact) mass is 215 g/mol. The molecule has 1 aromatic rings. The van der Waals surface area contributed by atoms with Crippen LogP contribution in [0.2, 0.25) is 0 Å². The van der Waals surface area contributed by atoms with Crippen LogP contribution in [0.5, 0.6) is 0 Å². The molecule has 0 spiro atoms. The summed E-state index contributed by atoms with van der Waals surface area (Å²) in [7, 11) is 0. The SMILES string of the molecule is NC(CO)C(=O)OCCc1cccs1. The molecular formula is C9H13NO3S. The van der Waals surface area contributed by atoms with Crippen LogP contribution in [0.1, 0.15) is 4.88 Å². The van der Waals surface area contributed by atoms with E-state index >= 15 is 0 Å².